The van der Waals surface area contributed by atoms with Gasteiger partial charge in [0.15, 0.2) is 0 Å². The molecule has 1 heterocycles. The van der Waals surface area contributed by atoms with Crippen molar-refractivity contribution in [3.63, 3.8) is 0 Å². The van der Waals surface area contributed by atoms with E-state index in [2.05, 4.69) is 29.5 Å². The van der Waals surface area contributed by atoms with E-state index in [9.17, 15) is 4.79 Å². The highest BCUT2D eigenvalue weighted by molar-refractivity contribution is 5.80. The normalized spacial score (nSPS) is 12.8. The fraction of sp³-hybridized carbons (Fsp3) is 0.467. The summed E-state index contributed by atoms with van der Waals surface area (Å²) >= 11 is 0. The summed E-state index contributed by atoms with van der Waals surface area (Å²) in [5, 5.41) is 8.59. The lowest BCUT2D eigenvalue weighted by molar-refractivity contribution is -0.130. The molecule has 6 nitrogen and oxygen atoms in total. The molecular weight excluding hydrogens is 268 g/mol. The van der Waals surface area contributed by atoms with Crippen LogP contribution in [0.2, 0.25) is 0 Å². The molecule has 0 aliphatic carbocycles. The van der Waals surface area contributed by atoms with Crippen LogP contribution in [0.25, 0.3) is 11.0 Å². The standard InChI is InChI=1S/C15H22N4O2/c1-10(2)9-19-13-6-4-3-5-12(13)17-14(19)8-7-11(16)15(20)18-21/h3-6,10-11,21H,7-9,16H2,1-2H3,(H,18,20)/t11-/m0/s1. The lowest BCUT2D eigenvalue weighted by Crippen LogP contribution is -2.39. The smallest absolute Gasteiger partial charge is 0.260 e. The number of benzene rings is 1. The van der Waals surface area contributed by atoms with Crippen LogP contribution in [0.3, 0.4) is 0 Å². The van der Waals surface area contributed by atoms with Crippen molar-refractivity contribution in [2.75, 3.05) is 0 Å². The molecule has 1 amide bonds. The molecule has 0 bridgehead atoms. The number of hydrogen-bond acceptors (Lipinski definition) is 4. The average molecular weight is 290 g/mol. The molecule has 0 saturated heterocycles. The summed E-state index contributed by atoms with van der Waals surface area (Å²) in [4.78, 5) is 15.9. The van der Waals surface area contributed by atoms with Gasteiger partial charge in [-0.2, -0.15) is 0 Å². The molecule has 1 atom stereocenters. The minimum absolute atomic E-state index is 0.438. The Balaban J connectivity index is 2.23. The second-order valence-corrected chi connectivity index (χ2v) is 5.64. The van der Waals surface area contributed by atoms with Gasteiger partial charge in [-0.15, -0.1) is 0 Å². The molecule has 114 valence electrons. The first-order valence-electron chi connectivity index (χ1n) is 7.16. The number of carbonyl (C=O) groups is 1. The van der Waals surface area contributed by atoms with E-state index in [0.29, 0.717) is 18.8 Å². The van der Waals surface area contributed by atoms with E-state index in [1.807, 2.05) is 18.2 Å². The van der Waals surface area contributed by atoms with Crippen LogP contribution in [-0.2, 0) is 17.8 Å². The molecule has 2 aromatic rings. The molecular formula is C15H22N4O2. The number of aromatic nitrogens is 2. The summed E-state index contributed by atoms with van der Waals surface area (Å²) in [6, 6.07) is 7.26. The highest BCUT2D eigenvalue weighted by Crippen LogP contribution is 2.19. The van der Waals surface area contributed by atoms with Crippen LogP contribution in [0, 0.1) is 5.92 Å². The van der Waals surface area contributed by atoms with Crippen molar-refractivity contribution in [1.29, 1.82) is 0 Å². The lowest BCUT2D eigenvalue weighted by atomic mass is 10.1. The van der Waals surface area contributed by atoms with Crippen molar-refractivity contribution in [2.24, 2.45) is 11.7 Å². The average Bonchev–Trinajstić information content (AvgIpc) is 2.81. The quantitative estimate of drug-likeness (QED) is 0.554. The summed E-state index contributed by atoms with van der Waals surface area (Å²) in [7, 11) is 0. The maximum Gasteiger partial charge on any atom is 0.260 e. The number of nitrogens with zero attached hydrogens (tertiary/aromatic N) is 2. The SMILES string of the molecule is CC(C)Cn1c(CC[C@H](N)C(=O)NO)nc2ccccc21. The molecule has 2 rings (SSSR count). The largest absolute Gasteiger partial charge is 0.328 e. The van der Waals surface area contributed by atoms with Crippen molar-refractivity contribution >= 4 is 16.9 Å². The van der Waals surface area contributed by atoms with Crippen molar-refractivity contribution in [3.05, 3.63) is 30.1 Å². The van der Waals surface area contributed by atoms with Gasteiger partial charge in [0.25, 0.3) is 5.91 Å². The van der Waals surface area contributed by atoms with Gasteiger partial charge in [0.05, 0.1) is 17.1 Å². The minimum atomic E-state index is -0.734. The molecule has 0 unspecified atom stereocenters. The Labute approximate surface area is 123 Å². The molecule has 0 saturated carbocycles. The highest BCUT2D eigenvalue weighted by Gasteiger charge is 2.16. The summed E-state index contributed by atoms with van der Waals surface area (Å²) in [5.74, 6) is 0.850. The van der Waals surface area contributed by atoms with Crippen molar-refractivity contribution in [2.45, 2.75) is 39.3 Å². The summed E-state index contributed by atoms with van der Waals surface area (Å²) in [6.07, 6.45) is 1.03. The van der Waals surface area contributed by atoms with Crippen molar-refractivity contribution in [3.8, 4) is 0 Å². The van der Waals surface area contributed by atoms with E-state index >= 15 is 0 Å². The van der Waals surface area contributed by atoms with Gasteiger partial charge in [0.1, 0.15) is 5.82 Å². The van der Waals surface area contributed by atoms with Gasteiger partial charge in [-0.3, -0.25) is 10.0 Å². The lowest BCUT2D eigenvalue weighted by Gasteiger charge is -2.13. The monoisotopic (exact) mass is 290 g/mol. The molecule has 4 N–H and O–H groups in total. The van der Waals surface area contributed by atoms with Gasteiger partial charge in [-0.1, -0.05) is 26.0 Å². The van der Waals surface area contributed by atoms with E-state index in [0.717, 1.165) is 23.4 Å². The second-order valence-electron chi connectivity index (χ2n) is 5.64. The third kappa shape index (κ3) is 3.59. The number of hydrogen-bond donors (Lipinski definition) is 3. The van der Waals surface area contributed by atoms with Crippen LogP contribution in [-0.4, -0.2) is 26.7 Å². The molecule has 21 heavy (non-hydrogen) atoms. The van der Waals surface area contributed by atoms with Crippen LogP contribution < -0.4 is 11.2 Å². The number of carbonyl (C=O) groups excluding carboxylic acids is 1. The number of aryl methyl sites for hydroxylation is 1. The first-order valence-corrected chi connectivity index (χ1v) is 7.16. The van der Waals surface area contributed by atoms with E-state index < -0.39 is 11.9 Å². The number of imidazole rings is 1. The molecule has 1 aromatic heterocycles. The van der Waals surface area contributed by atoms with E-state index in [4.69, 9.17) is 10.9 Å². The molecule has 1 aromatic carbocycles. The molecule has 0 fully saturated rings. The predicted octanol–water partition coefficient (Wildman–Crippen LogP) is 1.46. The number of hydroxylamine groups is 1. The van der Waals surface area contributed by atoms with Crippen molar-refractivity contribution in [1.82, 2.24) is 15.0 Å². The first kappa shape index (κ1) is 15.5. The van der Waals surface area contributed by atoms with Crippen LogP contribution in [0.1, 0.15) is 26.1 Å². The van der Waals surface area contributed by atoms with Gasteiger partial charge in [0, 0.05) is 13.0 Å². The topological polar surface area (TPSA) is 93.2 Å². The Morgan fingerprint density at radius 2 is 2.14 bits per heavy atom. The number of amides is 1. The Morgan fingerprint density at radius 1 is 1.43 bits per heavy atom. The van der Waals surface area contributed by atoms with Crippen LogP contribution in [0.5, 0.6) is 0 Å². The Kier molecular flexibility index (Phi) is 4.93. The zero-order chi connectivity index (χ0) is 15.4. The highest BCUT2D eigenvalue weighted by atomic mass is 16.5. The Morgan fingerprint density at radius 3 is 2.81 bits per heavy atom. The van der Waals surface area contributed by atoms with Crippen LogP contribution in [0.15, 0.2) is 24.3 Å². The predicted molar refractivity (Wildman–Crippen MR) is 80.8 cm³/mol. The first-order chi connectivity index (χ1) is 10.0. The van der Waals surface area contributed by atoms with Gasteiger partial charge < -0.3 is 10.3 Å². The Hall–Kier alpha value is -1.92. The van der Waals surface area contributed by atoms with Gasteiger partial charge in [0.2, 0.25) is 0 Å². The van der Waals surface area contributed by atoms with Gasteiger partial charge in [-0.25, -0.2) is 10.5 Å². The molecule has 0 aliphatic heterocycles. The van der Waals surface area contributed by atoms with Gasteiger partial charge in [-0.05, 0) is 24.5 Å². The molecule has 6 heteroatoms. The number of rotatable bonds is 6. The van der Waals surface area contributed by atoms with Crippen molar-refractivity contribution < 1.29 is 10.0 Å². The summed E-state index contributed by atoms with van der Waals surface area (Å²) < 4.78 is 2.18. The van der Waals surface area contributed by atoms with E-state index in [-0.39, 0.29) is 0 Å². The fourth-order valence-electron chi connectivity index (χ4n) is 2.38. The van der Waals surface area contributed by atoms with Gasteiger partial charge >= 0.3 is 0 Å². The Bertz CT molecular complexity index is 621. The van der Waals surface area contributed by atoms with Crippen LogP contribution in [0.4, 0.5) is 0 Å². The number of fused-ring (bicyclic) bond motifs is 1. The zero-order valence-electron chi connectivity index (χ0n) is 12.4. The fourth-order valence-corrected chi connectivity index (χ4v) is 2.38. The minimum Gasteiger partial charge on any atom is -0.328 e. The molecule has 0 radical (unpaired) electrons. The summed E-state index contributed by atoms with van der Waals surface area (Å²) in [6.45, 7) is 5.18. The van der Waals surface area contributed by atoms with E-state index in [1.54, 1.807) is 5.48 Å². The second kappa shape index (κ2) is 6.69. The summed E-state index contributed by atoms with van der Waals surface area (Å²) in [5.41, 5.74) is 9.35. The maximum absolute atomic E-state index is 11.3. The zero-order valence-corrected chi connectivity index (χ0v) is 12.4. The number of nitrogens with one attached hydrogen (secondary N) is 1. The van der Waals surface area contributed by atoms with Crippen LogP contribution >= 0.6 is 0 Å². The third-order valence-corrected chi connectivity index (χ3v) is 3.41. The maximum atomic E-state index is 11.3. The molecule has 0 spiro atoms. The number of nitrogens with two attached hydrogens (primary N) is 1. The molecule has 0 aliphatic rings. The third-order valence-electron chi connectivity index (χ3n) is 3.41. The number of para-hydroxylation sites is 2. The van der Waals surface area contributed by atoms with E-state index in [1.165, 1.54) is 0 Å².